The van der Waals surface area contributed by atoms with Crippen LogP contribution in [-0.4, -0.2) is 59.7 Å². The minimum Gasteiger partial charge on any atom is -0.401 e. The van der Waals surface area contributed by atoms with Crippen LogP contribution in [0, 0.1) is 18.3 Å². The van der Waals surface area contributed by atoms with Gasteiger partial charge in [-0.3, -0.25) is 0 Å². The second-order valence-electron chi connectivity index (χ2n) is 9.55. The van der Waals surface area contributed by atoms with Crippen LogP contribution in [0.5, 0.6) is 0 Å². The number of hydrogen-bond acceptors (Lipinski definition) is 10. The fourth-order valence-electron chi connectivity index (χ4n) is 4.32. The number of amidine groups is 1. The van der Waals surface area contributed by atoms with Crippen LogP contribution in [0.2, 0.25) is 0 Å². The molecule has 2 heterocycles. The molecule has 1 aliphatic heterocycles. The van der Waals surface area contributed by atoms with Crippen molar-refractivity contribution in [2.45, 2.75) is 84.3 Å². The molecule has 0 saturated carbocycles. The fraction of sp³-hybridized carbons (Fsp3) is 0.500. The van der Waals surface area contributed by atoms with Gasteiger partial charge in [-0.05, 0) is 58.4 Å². The van der Waals surface area contributed by atoms with Crippen molar-refractivity contribution in [2.24, 2.45) is 21.5 Å². The molecule has 1 aromatic carbocycles. The third-order valence-electron chi connectivity index (χ3n) is 6.71. The van der Waals surface area contributed by atoms with Crippen molar-refractivity contribution in [1.82, 2.24) is 5.16 Å². The number of aromatic nitrogens is 1. The number of nitrogens with zero attached hydrogens (tertiary/aromatic N) is 4. The van der Waals surface area contributed by atoms with E-state index in [2.05, 4.69) is 23.1 Å². The lowest BCUT2D eigenvalue weighted by molar-refractivity contribution is 0.0642. The zero-order chi connectivity index (χ0) is 32.2. The zero-order valence-electron chi connectivity index (χ0n) is 26.3. The van der Waals surface area contributed by atoms with Crippen molar-refractivity contribution in [3.63, 3.8) is 0 Å². The Kier molecular flexibility index (Phi) is 18.6. The molecule has 0 amide bonds. The van der Waals surface area contributed by atoms with Crippen LogP contribution in [0.1, 0.15) is 70.6 Å². The Balaban J connectivity index is 0.00000221. The molecule has 2 unspecified atom stereocenters. The van der Waals surface area contributed by atoms with Crippen LogP contribution >= 0.6 is 11.8 Å². The van der Waals surface area contributed by atoms with Gasteiger partial charge >= 0.3 is 0 Å². The SMILES string of the molecule is CC=NC(=N\C1CCC(CSCc2c(C)noc2-c2ccccc2)O1)/C(=C(\N)CCCC#N)C(/N)=C(\C)CC.CO.CO. The number of nitrogens with two attached hydrogens (primary N) is 2. The lowest BCUT2D eigenvalue weighted by Crippen LogP contribution is -2.20. The zero-order valence-corrected chi connectivity index (χ0v) is 27.2. The Bertz CT molecular complexity index is 1260. The Labute approximate surface area is 260 Å². The first-order chi connectivity index (χ1) is 20.9. The number of rotatable bonds is 12. The first-order valence-corrected chi connectivity index (χ1v) is 15.6. The maximum atomic E-state index is 8.94. The van der Waals surface area contributed by atoms with Gasteiger partial charge in [0, 0.05) is 60.9 Å². The van der Waals surface area contributed by atoms with Gasteiger partial charge in [-0.1, -0.05) is 42.4 Å². The molecule has 0 spiro atoms. The largest absolute Gasteiger partial charge is 0.401 e. The van der Waals surface area contributed by atoms with Gasteiger partial charge in [-0.15, -0.1) is 0 Å². The summed E-state index contributed by atoms with van der Waals surface area (Å²) in [6, 6.07) is 12.2. The molecule has 0 aliphatic carbocycles. The van der Waals surface area contributed by atoms with E-state index in [-0.39, 0.29) is 12.3 Å². The number of aliphatic hydroxyl groups excluding tert-OH is 2. The maximum Gasteiger partial charge on any atom is 0.171 e. The highest BCUT2D eigenvalue weighted by atomic mass is 32.2. The Morgan fingerprint density at radius 2 is 1.88 bits per heavy atom. The average Bonchev–Trinajstić information content (AvgIpc) is 3.65. The summed E-state index contributed by atoms with van der Waals surface area (Å²) in [5.41, 5.74) is 19.0. The highest BCUT2D eigenvalue weighted by molar-refractivity contribution is 7.98. The highest BCUT2D eigenvalue weighted by Crippen LogP contribution is 2.32. The molecule has 3 rings (SSSR count). The van der Waals surface area contributed by atoms with Crippen LogP contribution in [0.3, 0.4) is 0 Å². The predicted octanol–water partition coefficient (Wildman–Crippen LogP) is 5.64. The molecule has 0 radical (unpaired) electrons. The van der Waals surface area contributed by atoms with Crippen molar-refractivity contribution in [1.29, 1.82) is 5.26 Å². The Morgan fingerprint density at radius 3 is 2.51 bits per heavy atom. The molecule has 1 aliphatic rings. The summed E-state index contributed by atoms with van der Waals surface area (Å²) in [5.74, 6) is 2.95. The minimum absolute atomic E-state index is 0.0848. The van der Waals surface area contributed by atoms with Crippen LogP contribution in [0.15, 0.2) is 67.4 Å². The number of nitriles is 1. The van der Waals surface area contributed by atoms with E-state index >= 15 is 0 Å². The van der Waals surface area contributed by atoms with Crippen LogP contribution in [0.25, 0.3) is 11.3 Å². The number of hydrogen-bond donors (Lipinski definition) is 4. The Hall–Kier alpha value is -3.43. The number of thioether (sulfide) groups is 1. The second-order valence-corrected chi connectivity index (χ2v) is 10.6. The van der Waals surface area contributed by atoms with E-state index in [4.69, 9.17) is 41.2 Å². The molecule has 6 N–H and O–H groups in total. The maximum absolute atomic E-state index is 8.94. The normalized spacial score (nSPS) is 17.7. The number of benzene rings is 1. The second kappa shape index (κ2) is 21.3. The van der Waals surface area contributed by atoms with E-state index in [1.165, 1.54) is 0 Å². The van der Waals surface area contributed by atoms with Gasteiger partial charge < -0.3 is 30.9 Å². The summed E-state index contributed by atoms with van der Waals surface area (Å²) < 4.78 is 11.9. The van der Waals surface area contributed by atoms with E-state index in [9.17, 15) is 0 Å². The molecule has 1 aromatic heterocycles. The molecular weight excluding hydrogens is 564 g/mol. The van der Waals surface area contributed by atoms with Crippen molar-refractivity contribution in [3.8, 4) is 17.4 Å². The first kappa shape index (κ1) is 37.6. The van der Waals surface area contributed by atoms with E-state index in [1.807, 2.05) is 62.9 Å². The highest BCUT2D eigenvalue weighted by Gasteiger charge is 2.27. The standard InChI is InChI=1S/C30H40N6O2S.2CH4O/c1-5-20(3)28(33)27(25(32)14-10-11-17-31)30(34-6-2)35-26-16-15-23(37-26)18-39-19-24-21(4)36-38-29(24)22-12-8-7-9-13-22;2*1-2/h6-9,12-13,23,26H,5,10-11,14-16,18-19,32-33H2,1-4H3;2*2H,1H3/b27-25-,28-20-,34-6?,35-30-;;. The Morgan fingerprint density at radius 1 is 1.19 bits per heavy atom. The van der Waals surface area contributed by atoms with Crippen molar-refractivity contribution < 1.29 is 19.5 Å². The summed E-state index contributed by atoms with van der Waals surface area (Å²) in [6.45, 7) is 7.87. The quantitative estimate of drug-likeness (QED) is 0.102. The monoisotopic (exact) mass is 612 g/mol. The molecule has 1 saturated heterocycles. The van der Waals surface area contributed by atoms with Crippen LogP contribution in [-0.2, 0) is 10.5 Å². The number of unbranched alkanes of at least 4 members (excludes halogenated alkanes) is 1. The van der Waals surface area contributed by atoms with Gasteiger partial charge in [0.25, 0.3) is 0 Å². The summed E-state index contributed by atoms with van der Waals surface area (Å²) in [6.07, 6.45) is 5.61. The summed E-state index contributed by atoms with van der Waals surface area (Å²) in [4.78, 5) is 9.42. The van der Waals surface area contributed by atoms with E-state index in [0.29, 0.717) is 42.1 Å². The fourth-order valence-corrected chi connectivity index (χ4v) is 5.49. The van der Waals surface area contributed by atoms with Gasteiger partial charge in [0.1, 0.15) is 0 Å². The van der Waals surface area contributed by atoms with Crippen LogP contribution < -0.4 is 11.5 Å². The van der Waals surface area contributed by atoms with Gasteiger partial charge in [0.2, 0.25) is 0 Å². The number of aryl methyl sites for hydroxylation is 1. The van der Waals surface area contributed by atoms with E-state index in [1.54, 1.807) is 6.21 Å². The molecule has 10 nitrogen and oxygen atoms in total. The third-order valence-corrected chi connectivity index (χ3v) is 7.81. The molecule has 236 valence electrons. The van der Waals surface area contributed by atoms with Gasteiger partial charge in [-0.2, -0.15) is 17.0 Å². The van der Waals surface area contributed by atoms with E-state index in [0.717, 1.165) is 73.1 Å². The van der Waals surface area contributed by atoms with Crippen molar-refractivity contribution in [3.05, 3.63) is 64.1 Å². The molecule has 0 bridgehead atoms. The average molecular weight is 613 g/mol. The summed E-state index contributed by atoms with van der Waals surface area (Å²) in [7, 11) is 2.00. The topological polar surface area (TPSA) is 176 Å². The lowest BCUT2D eigenvalue weighted by Gasteiger charge is -2.17. The molecule has 2 atom stereocenters. The van der Waals surface area contributed by atoms with Gasteiger partial charge in [0.05, 0.1) is 23.4 Å². The molecule has 1 fully saturated rings. The van der Waals surface area contributed by atoms with Crippen LogP contribution in [0.4, 0.5) is 0 Å². The number of aliphatic imine (C=N–C) groups is 2. The minimum atomic E-state index is -0.317. The molecule has 43 heavy (non-hydrogen) atoms. The summed E-state index contributed by atoms with van der Waals surface area (Å²) in [5, 5.41) is 27.1. The predicted molar refractivity (Wildman–Crippen MR) is 176 cm³/mol. The third kappa shape index (κ3) is 11.6. The number of ether oxygens (including phenoxy) is 1. The first-order valence-electron chi connectivity index (χ1n) is 14.4. The number of allylic oxidation sites excluding steroid dienone is 2. The smallest absolute Gasteiger partial charge is 0.171 e. The van der Waals surface area contributed by atoms with Crippen molar-refractivity contribution >= 4 is 23.8 Å². The number of aliphatic hydroxyl groups is 2. The van der Waals surface area contributed by atoms with Gasteiger partial charge in [-0.25, -0.2) is 9.98 Å². The molecule has 2 aromatic rings. The summed E-state index contributed by atoms with van der Waals surface area (Å²) >= 11 is 1.81. The molecular formula is C32H48N6O4S. The molecule has 11 heteroatoms. The van der Waals surface area contributed by atoms with Crippen molar-refractivity contribution in [2.75, 3.05) is 20.0 Å². The van der Waals surface area contributed by atoms with E-state index < -0.39 is 0 Å². The lowest BCUT2D eigenvalue weighted by atomic mass is 10.0. The van der Waals surface area contributed by atoms with Gasteiger partial charge in [0.15, 0.2) is 17.8 Å².